The molecule has 6 nitrogen and oxygen atoms in total. The van der Waals surface area contributed by atoms with Gasteiger partial charge >= 0.3 is 5.97 Å². The van der Waals surface area contributed by atoms with E-state index in [1.54, 1.807) is 22.8 Å². The number of carbonyl (C=O) groups is 2. The molecule has 0 radical (unpaired) electrons. The molecule has 1 amide bonds. The molecule has 1 spiro atoms. The second-order valence-electron chi connectivity index (χ2n) is 7.32. The standard InChI is InChI=1S/C20H23N3O3/c1-22(14-15-6-4-7-16(12-15)23-11-5-10-21-23)19(25)17-13-18(24)26-20(17)8-2-3-9-20/h4-7,10-12,17H,2-3,8-9,13-14H2,1H3/t17-/m0/s1. The van der Waals surface area contributed by atoms with Gasteiger partial charge in [-0.25, -0.2) is 4.68 Å². The Morgan fingerprint density at radius 3 is 2.88 bits per heavy atom. The van der Waals surface area contributed by atoms with Crippen LogP contribution in [-0.4, -0.2) is 39.2 Å². The van der Waals surface area contributed by atoms with Crippen LogP contribution in [0.3, 0.4) is 0 Å². The largest absolute Gasteiger partial charge is 0.458 e. The van der Waals surface area contributed by atoms with Crippen LogP contribution >= 0.6 is 0 Å². The zero-order valence-electron chi connectivity index (χ0n) is 14.9. The summed E-state index contributed by atoms with van der Waals surface area (Å²) in [7, 11) is 1.80. The fourth-order valence-electron chi connectivity index (χ4n) is 4.27. The van der Waals surface area contributed by atoms with E-state index in [1.807, 2.05) is 36.5 Å². The maximum atomic E-state index is 13.0. The van der Waals surface area contributed by atoms with Crippen molar-refractivity contribution in [2.75, 3.05) is 7.05 Å². The molecule has 136 valence electrons. The first-order chi connectivity index (χ1) is 12.6. The summed E-state index contributed by atoms with van der Waals surface area (Å²) in [4.78, 5) is 26.6. The Balaban J connectivity index is 1.49. The van der Waals surface area contributed by atoms with Crippen molar-refractivity contribution in [2.24, 2.45) is 5.92 Å². The van der Waals surface area contributed by atoms with E-state index in [0.717, 1.165) is 36.9 Å². The fraction of sp³-hybridized carbons (Fsp3) is 0.450. The van der Waals surface area contributed by atoms with Crippen LogP contribution in [0.25, 0.3) is 5.69 Å². The Kier molecular flexibility index (Phi) is 4.26. The lowest BCUT2D eigenvalue weighted by molar-refractivity contribution is -0.151. The highest BCUT2D eigenvalue weighted by Gasteiger charge is 2.54. The number of hydrogen-bond donors (Lipinski definition) is 0. The maximum Gasteiger partial charge on any atom is 0.307 e. The van der Waals surface area contributed by atoms with E-state index in [9.17, 15) is 9.59 Å². The molecule has 0 N–H and O–H groups in total. The molecule has 0 bridgehead atoms. The summed E-state index contributed by atoms with van der Waals surface area (Å²) in [6.45, 7) is 0.495. The molecule has 6 heteroatoms. The van der Waals surface area contributed by atoms with Crippen LogP contribution in [0.5, 0.6) is 0 Å². The van der Waals surface area contributed by atoms with Crippen LogP contribution in [0.4, 0.5) is 0 Å². The van der Waals surface area contributed by atoms with Gasteiger partial charge in [-0.05, 0) is 49.4 Å². The highest BCUT2D eigenvalue weighted by Crippen LogP contribution is 2.46. The number of esters is 1. The van der Waals surface area contributed by atoms with E-state index in [-0.39, 0.29) is 24.2 Å². The van der Waals surface area contributed by atoms with Crippen molar-refractivity contribution in [2.45, 2.75) is 44.2 Å². The van der Waals surface area contributed by atoms with E-state index in [2.05, 4.69) is 5.10 Å². The summed E-state index contributed by atoms with van der Waals surface area (Å²) in [5, 5.41) is 4.24. The van der Waals surface area contributed by atoms with Crippen LogP contribution in [0, 0.1) is 5.92 Å². The average molecular weight is 353 g/mol. The number of ether oxygens (including phenoxy) is 1. The summed E-state index contributed by atoms with van der Waals surface area (Å²) in [6, 6.07) is 9.85. The number of carbonyl (C=O) groups excluding carboxylic acids is 2. The van der Waals surface area contributed by atoms with Crippen molar-refractivity contribution >= 4 is 11.9 Å². The lowest BCUT2D eigenvalue weighted by atomic mass is 9.84. The van der Waals surface area contributed by atoms with Crippen molar-refractivity contribution in [1.29, 1.82) is 0 Å². The van der Waals surface area contributed by atoms with Gasteiger partial charge in [0.15, 0.2) is 0 Å². The molecule has 26 heavy (non-hydrogen) atoms. The minimum Gasteiger partial charge on any atom is -0.458 e. The molecule has 1 saturated carbocycles. The Bertz CT molecular complexity index is 809. The lowest BCUT2D eigenvalue weighted by Crippen LogP contribution is -2.43. The third-order valence-electron chi connectivity index (χ3n) is 5.55. The smallest absolute Gasteiger partial charge is 0.307 e. The van der Waals surface area contributed by atoms with Gasteiger partial charge in [0, 0.05) is 26.0 Å². The summed E-state index contributed by atoms with van der Waals surface area (Å²) < 4.78 is 7.41. The molecule has 1 aromatic heterocycles. The predicted octanol–water partition coefficient (Wildman–Crippen LogP) is 2.71. The van der Waals surface area contributed by atoms with Gasteiger partial charge in [-0.2, -0.15) is 5.10 Å². The minimum atomic E-state index is -0.556. The third-order valence-corrected chi connectivity index (χ3v) is 5.55. The Morgan fingerprint density at radius 2 is 2.15 bits per heavy atom. The lowest BCUT2D eigenvalue weighted by Gasteiger charge is -2.31. The van der Waals surface area contributed by atoms with Gasteiger partial charge in [-0.3, -0.25) is 9.59 Å². The van der Waals surface area contributed by atoms with Crippen molar-refractivity contribution < 1.29 is 14.3 Å². The molecule has 2 fully saturated rings. The van der Waals surface area contributed by atoms with Crippen molar-refractivity contribution in [3.05, 3.63) is 48.3 Å². The van der Waals surface area contributed by atoms with Crippen molar-refractivity contribution in [3.8, 4) is 5.69 Å². The van der Waals surface area contributed by atoms with Gasteiger partial charge in [0.05, 0.1) is 18.0 Å². The molecule has 0 unspecified atom stereocenters. The van der Waals surface area contributed by atoms with E-state index in [1.165, 1.54) is 0 Å². The van der Waals surface area contributed by atoms with E-state index < -0.39 is 5.60 Å². The van der Waals surface area contributed by atoms with Gasteiger partial charge < -0.3 is 9.64 Å². The van der Waals surface area contributed by atoms with Gasteiger partial charge in [-0.1, -0.05) is 12.1 Å². The van der Waals surface area contributed by atoms with Crippen LogP contribution in [0.2, 0.25) is 0 Å². The van der Waals surface area contributed by atoms with Crippen LogP contribution in [-0.2, 0) is 20.9 Å². The first kappa shape index (κ1) is 16.8. The van der Waals surface area contributed by atoms with Crippen LogP contribution in [0.15, 0.2) is 42.7 Å². The first-order valence-electron chi connectivity index (χ1n) is 9.13. The van der Waals surface area contributed by atoms with Gasteiger partial charge in [0.2, 0.25) is 5.91 Å². The number of hydrogen-bond acceptors (Lipinski definition) is 4. The third kappa shape index (κ3) is 3.00. The average Bonchev–Trinajstić information content (AvgIpc) is 3.37. The maximum absolute atomic E-state index is 13.0. The number of nitrogens with zero attached hydrogens (tertiary/aromatic N) is 3. The number of benzene rings is 1. The molecule has 1 aliphatic carbocycles. The molecule has 1 aromatic carbocycles. The molecule has 1 saturated heterocycles. The number of rotatable bonds is 4. The fourth-order valence-corrected chi connectivity index (χ4v) is 4.27. The SMILES string of the molecule is CN(Cc1cccc(-n2cccn2)c1)C(=O)[C@@H]1CC(=O)OC12CCCC2. The number of amides is 1. The molecule has 2 aromatic rings. The van der Waals surface area contributed by atoms with Gasteiger partial charge in [0.1, 0.15) is 5.60 Å². The highest BCUT2D eigenvalue weighted by atomic mass is 16.6. The van der Waals surface area contributed by atoms with E-state index in [4.69, 9.17) is 4.74 Å². The Morgan fingerprint density at radius 1 is 1.35 bits per heavy atom. The zero-order chi connectivity index (χ0) is 18.1. The van der Waals surface area contributed by atoms with E-state index in [0.29, 0.717) is 6.54 Å². The summed E-state index contributed by atoms with van der Waals surface area (Å²) >= 11 is 0. The summed E-state index contributed by atoms with van der Waals surface area (Å²) in [5.41, 5.74) is 1.43. The minimum absolute atomic E-state index is 0.00208. The summed E-state index contributed by atoms with van der Waals surface area (Å²) in [6.07, 6.45) is 7.48. The normalized spacial score (nSPS) is 21.1. The van der Waals surface area contributed by atoms with Crippen molar-refractivity contribution in [3.63, 3.8) is 0 Å². The summed E-state index contributed by atoms with van der Waals surface area (Å²) in [5.74, 6) is -0.585. The molecule has 2 aliphatic rings. The van der Waals surface area contributed by atoms with Crippen LogP contribution in [0.1, 0.15) is 37.7 Å². The van der Waals surface area contributed by atoms with Crippen molar-refractivity contribution in [1.82, 2.24) is 14.7 Å². The van der Waals surface area contributed by atoms with Crippen LogP contribution < -0.4 is 0 Å². The topological polar surface area (TPSA) is 64.4 Å². The zero-order valence-corrected chi connectivity index (χ0v) is 14.9. The Labute approximate surface area is 152 Å². The number of aromatic nitrogens is 2. The second kappa shape index (κ2) is 6.59. The molecular formula is C20H23N3O3. The van der Waals surface area contributed by atoms with E-state index >= 15 is 0 Å². The first-order valence-corrected chi connectivity index (χ1v) is 9.13. The van der Waals surface area contributed by atoms with Gasteiger partial charge in [-0.15, -0.1) is 0 Å². The molecule has 4 rings (SSSR count). The quantitative estimate of drug-likeness (QED) is 0.793. The second-order valence-corrected chi connectivity index (χ2v) is 7.32. The molecule has 2 heterocycles. The molecular weight excluding hydrogens is 330 g/mol. The van der Waals surface area contributed by atoms with Gasteiger partial charge in [0.25, 0.3) is 0 Å². The monoisotopic (exact) mass is 353 g/mol. The highest BCUT2D eigenvalue weighted by molar-refractivity contribution is 5.87. The molecule has 1 atom stereocenters. The molecule has 1 aliphatic heterocycles. The predicted molar refractivity (Wildman–Crippen MR) is 95.4 cm³/mol. The Hall–Kier alpha value is -2.63.